The smallest absolute Gasteiger partial charge is 0.341 e. The number of halogens is 1. The van der Waals surface area contributed by atoms with E-state index < -0.39 is 24.5 Å². The number of amides is 1. The summed E-state index contributed by atoms with van der Waals surface area (Å²) in [7, 11) is 2.95. The standard InChI is InChI=1S/C23H24ClNO7S/c1-4-31-23(28)20-15(14-6-7-14)12-33-22(20)25-18(26)11-32-19(27)8-5-13-9-16(24)21(30-3)17(10-13)29-2/h5,8-10,12,14H,4,6-7,11H2,1-3H3,(H,25,26)/b8-5+. The van der Waals surface area contributed by atoms with Gasteiger partial charge in [0.25, 0.3) is 5.91 Å². The van der Waals surface area contributed by atoms with Crippen LogP contribution in [0.15, 0.2) is 23.6 Å². The van der Waals surface area contributed by atoms with E-state index in [9.17, 15) is 14.4 Å². The molecular formula is C23H24ClNO7S. The van der Waals surface area contributed by atoms with E-state index >= 15 is 0 Å². The van der Waals surface area contributed by atoms with Crippen molar-refractivity contribution < 1.29 is 33.3 Å². The Morgan fingerprint density at radius 3 is 2.58 bits per heavy atom. The summed E-state index contributed by atoms with van der Waals surface area (Å²) in [4.78, 5) is 36.7. The maximum atomic E-state index is 12.4. The van der Waals surface area contributed by atoms with Crippen molar-refractivity contribution in [2.24, 2.45) is 0 Å². The number of hydrogen-bond donors (Lipinski definition) is 1. The highest BCUT2D eigenvalue weighted by atomic mass is 35.5. The first-order valence-corrected chi connectivity index (χ1v) is 11.5. The highest BCUT2D eigenvalue weighted by molar-refractivity contribution is 7.15. The van der Waals surface area contributed by atoms with Crippen LogP contribution in [-0.4, -0.2) is 45.3 Å². The Labute approximate surface area is 200 Å². The van der Waals surface area contributed by atoms with Crippen LogP contribution in [0.25, 0.3) is 6.08 Å². The van der Waals surface area contributed by atoms with Gasteiger partial charge in [-0.15, -0.1) is 11.3 Å². The molecule has 1 N–H and O–H groups in total. The van der Waals surface area contributed by atoms with E-state index in [2.05, 4.69) is 5.32 Å². The molecule has 1 aromatic carbocycles. The molecule has 0 saturated heterocycles. The summed E-state index contributed by atoms with van der Waals surface area (Å²) in [6.45, 7) is 1.46. The molecule has 176 valence electrons. The highest BCUT2D eigenvalue weighted by Gasteiger charge is 2.32. The van der Waals surface area contributed by atoms with E-state index in [0.29, 0.717) is 38.6 Å². The Morgan fingerprint density at radius 1 is 1.18 bits per heavy atom. The molecule has 0 atom stereocenters. The minimum atomic E-state index is -0.716. The van der Waals surface area contributed by atoms with Crippen molar-refractivity contribution in [3.8, 4) is 11.5 Å². The molecule has 1 amide bonds. The van der Waals surface area contributed by atoms with Gasteiger partial charge in [0.05, 0.1) is 31.4 Å². The number of anilines is 1. The van der Waals surface area contributed by atoms with Crippen LogP contribution >= 0.6 is 22.9 Å². The number of carbonyl (C=O) groups is 3. The first kappa shape index (κ1) is 24.6. The molecule has 1 aliphatic rings. The lowest BCUT2D eigenvalue weighted by atomic mass is 10.1. The summed E-state index contributed by atoms with van der Waals surface area (Å²) in [5.74, 6) is -0.622. The molecule has 0 bridgehead atoms. The number of nitrogens with one attached hydrogen (secondary N) is 1. The normalized spacial score (nSPS) is 13.0. The van der Waals surface area contributed by atoms with Crippen LogP contribution in [0.2, 0.25) is 5.02 Å². The number of methoxy groups -OCH3 is 2. The number of benzene rings is 1. The van der Waals surface area contributed by atoms with Crippen molar-refractivity contribution >= 4 is 51.9 Å². The minimum absolute atomic E-state index is 0.238. The predicted molar refractivity (Wildman–Crippen MR) is 125 cm³/mol. The van der Waals surface area contributed by atoms with Crippen LogP contribution in [0, 0.1) is 0 Å². The van der Waals surface area contributed by atoms with Crippen LogP contribution < -0.4 is 14.8 Å². The van der Waals surface area contributed by atoms with Crippen molar-refractivity contribution in [3.05, 3.63) is 45.3 Å². The zero-order chi connectivity index (χ0) is 24.0. The van der Waals surface area contributed by atoms with Crippen LogP contribution in [0.3, 0.4) is 0 Å². The fourth-order valence-corrected chi connectivity index (χ4v) is 4.46. The number of esters is 2. The van der Waals surface area contributed by atoms with E-state index in [1.165, 1.54) is 37.7 Å². The highest BCUT2D eigenvalue weighted by Crippen LogP contribution is 2.46. The number of thiophene rings is 1. The minimum Gasteiger partial charge on any atom is -0.493 e. The lowest BCUT2D eigenvalue weighted by Crippen LogP contribution is -2.21. The van der Waals surface area contributed by atoms with Gasteiger partial charge >= 0.3 is 11.9 Å². The first-order chi connectivity index (χ1) is 15.9. The third-order valence-electron chi connectivity index (χ3n) is 4.78. The fourth-order valence-electron chi connectivity index (χ4n) is 3.12. The van der Waals surface area contributed by atoms with Gasteiger partial charge in [0.15, 0.2) is 18.1 Å². The van der Waals surface area contributed by atoms with Crippen LogP contribution in [0.1, 0.15) is 47.2 Å². The van der Waals surface area contributed by atoms with Gasteiger partial charge in [-0.25, -0.2) is 9.59 Å². The second kappa shape index (κ2) is 11.2. The topological polar surface area (TPSA) is 100 Å². The first-order valence-electron chi connectivity index (χ1n) is 10.2. The number of carbonyl (C=O) groups excluding carboxylic acids is 3. The summed E-state index contributed by atoms with van der Waals surface area (Å²) >= 11 is 7.40. The van der Waals surface area contributed by atoms with Crippen LogP contribution in [-0.2, 0) is 19.1 Å². The Bertz CT molecular complexity index is 1080. The largest absolute Gasteiger partial charge is 0.493 e. The van der Waals surface area contributed by atoms with Gasteiger partial charge in [-0.2, -0.15) is 0 Å². The Morgan fingerprint density at radius 2 is 1.94 bits per heavy atom. The zero-order valence-electron chi connectivity index (χ0n) is 18.4. The van der Waals surface area contributed by atoms with Crippen molar-refractivity contribution in [2.45, 2.75) is 25.7 Å². The van der Waals surface area contributed by atoms with Gasteiger partial charge in [0, 0.05) is 6.08 Å². The maximum absolute atomic E-state index is 12.4. The van der Waals surface area contributed by atoms with E-state index in [-0.39, 0.29) is 6.61 Å². The van der Waals surface area contributed by atoms with Crippen LogP contribution in [0.4, 0.5) is 5.00 Å². The molecular weight excluding hydrogens is 470 g/mol. The third-order valence-corrected chi connectivity index (χ3v) is 5.98. The van der Waals surface area contributed by atoms with Crippen molar-refractivity contribution in [1.29, 1.82) is 0 Å². The quantitative estimate of drug-likeness (QED) is 0.379. The summed E-state index contributed by atoms with van der Waals surface area (Å²) in [5, 5.41) is 5.23. The van der Waals surface area contributed by atoms with E-state index in [0.717, 1.165) is 18.4 Å². The number of hydrogen-bond acceptors (Lipinski definition) is 8. The van der Waals surface area contributed by atoms with Gasteiger partial charge in [0.1, 0.15) is 5.00 Å². The Hall–Kier alpha value is -3.04. The molecule has 0 unspecified atom stereocenters. The molecule has 33 heavy (non-hydrogen) atoms. The molecule has 10 heteroatoms. The van der Waals surface area contributed by atoms with Gasteiger partial charge in [-0.3, -0.25) is 4.79 Å². The van der Waals surface area contributed by atoms with Gasteiger partial charge in [0.2, 0.25) is 0 Å². The molecule has 0 radical (unpaired) electrons. The molecule has 0 aliphatic heterocycles. The van der Waals surface area contributed by atoms with Crippen LogP contribution in [0.5, 0.6) is 11.5 Å². The monoisotopic (exact) mass is 493 g/mol. The van der Waals surface area contributed by atoms with Gasteiger partial charge in [-0.05, 0) is 60.4 Å². The Kier molecular flexibility index (Phi) is 8.35. The molecule has 1 saturated carbocycles. The zero-order valence-corrected chi connectivity index (χ0v) is 20.0. The molecule has 1 heterocycles. The lowest BCUT2D eigenvalue weighted by Gasteiger charge is -2.10. The molecule has 2 aromatic rings. The summed E-state index contributed by atoms with van der Waals surface area (Å²) in [6.07, 6.45) is 4.66. The second-order valence-electron chi connectivity index (χ2n) is 7.12. The maximum Gasteiger partial charge on any atom is 0.341 e. The predicted octanol–water partition coefficient (Wildman–Crippen LogP) is 4.67. The van der Waals surface area contributed by atoms with Gasteiger partial charge in [-0.1, -0.05) is 11.6 Å². The molecule has 0 spiro atoms. The van der Waals surface area contributed by atoms with E-state index in [4.69, 9.17) is 30.5 Å². The van der Waals surface area contributed by atoms with Gasteiger partial charge < -0.3 is 24.3 Å². The molecule has 8 nitrogen and oxygen atoms in total. The summed E-state index contributed by atoms with van der Waals surface area (Å²) in [6, 6.07) is 3.25. The SMILES string of the molecule is CCOC(=O)c1c(C2CC2)csc1NC(=O)COC(=O)/C=C/c1cc(Cl)c(OC)c(OC)c1. The molecule has 1 aromatic heterocycles. The molecule has 3 rings (SSSR count). The van der Waals surface area contributed by atoms with E-state index in [1.807, 2.05) is 5.38 Å². The van der Waals surface area contributed by atoms with Crippen molar-refractivity contribution in [3.63, 3.8) is 0 Å². The van der Waals surface area contributed by atoms with Crippen molar-refractivity contribution in [2.75, 3.05) is 32.8 Å². The summed E-state index contributed by atoms with van der Waals surface area (Å²) in [5.41, 5.74) is 1.86. The van der Waals surface area contributed by atoms with E-state index in [1.54, 1.807) is 19.1 Å². The number of ether oxygens (including phenoxy) is 4. The third kappa shape index (κ3) is 6.27. The molecule has 1 fully saturated rings. The second-order valence-corrected chi connectivity index (χ2v) is 8.40. The average molecular weight is 494 g/mol. The fraction of sp³-hybridized carbons (Fsp3) is 0.348. The number of rotatable bonds is 10. The molecule has 1 aliphatic carbocycles. The average Bonchev–Trinajstić information content (AvgIpc) is 3.56. The summed E-state index contributed by atoms with van der Waals surface area (Å²) < 4.78 is 20.5. The Balaban J connectivity index is 1.59. The lowest BCUT2D eigenvalue weighted by molar-refractivity contribution is -0.142. The van der Waals surface area contributed by atoms with Crippen molar-refractivity contribution in [1.82, 2.24) is 0 Å².